The largest absolute Gasteiger partial charge is 0.390 e. The van der Waals surface area contributed by atoms with E-state index in [1.165, 1.54) is 0 Å². The fourth-order valence-corrected chi connectivity index (χ4v) is 0.748. The van der Waals surface area contributed by atoms with Gasteiger partial charge in [-0.1, -0.05) is 13.8 Å². The van der Waals surface area contributed by atoms with Gasteiger partial charge in [0.2, 0.25) is 5.91 Å². The molecule has 6 heteroatoms. The number of nitrogens with one attached hydrogen (secondary N) is 1. The highest BCUT2D eigenvalue weighted by atomic mass is 19.4. The lowest BCUT2D eigenvalue weighted by Crippen LogP contribution is -2.44. The van der Waals surface area contributed by atoms with Crippen molar-refractivity contribution >= 4 is 5.91 Å². The topological polar surface area (TPSA) is 55.1 Å². The van der Waals surface area contributed by atoms with E-state index in [-0.39, 0.29) is 5.92 Å². The van der Waals surface area contributed by atoms with Crippen molar-refractivity contribution in [3.8, 4) is 0 Å². The standard InChI is InChI=1S/C8H15F3N2O/c1-5(2)6(12)7(14)13-4-3-8(9,10)11/h5-6H,3-4,12H2,1-2H3,(H,13,14). The summed E-state index contributed by atoms with van der Waals surface area (Å²) in [5.41, 5.74) is 5.42. The molecule has 1 amide bonds. The van der Waals surface area contributed by atoms with Crippen molar-refractivity contribution in [2.24, 2.45) is 11.7 Å². The van der Waals surface area contributed by atoms with Gasteiger partial charge in [-0.15, -0.1) is 0 Å². The van der Waals surface area contributed by atoms with E-state index in [0.29, 0.717) is 0 Å². The summed E-state index contributed by atoms with van der Waals surface area (Å²) in [5, 5.41) is 2.14. The minimum atomic E-state index is -4.24. The lowest BCUT2D eigenvalue weighted by atomic mass is 10.1. The first kappa shape index (κ1) is 13.2. The molecule has 84 valence electrons. The van der Waals surface area contributed by atoms with E-state index in [4.69, 9.17) is 5.73 Å². The van der Waals surface area contributed by atoms with Gasteiger partial charge in [-0.2, -0.15) is 13.2 Å². The number of alkyl halides is 3. The minimum Gasteiger partial charge on any atom is -0.354 e. The van der Waals surface area contributed by atoms with Crippen LogP contribution in [0.5, 0.6) is 0 Å². The van der Waals surface area contributed by atoms with Crippen molar-refractivity contribution < 1.29 is 18.0 Å². The normalized spacial score (nSPS) is 14.2. The van der Waals surface area contributed by atoms with Gasteiger partial charge >= 0.3 is 6.18 Å². The van der Waals surface area contributed by atoms with Crippen LogP contribution in [0.3, 0.4) is 0 Å². The summed E-state index contributed by atoms with van der Waals surface area (Å²) in [7, 11) is 0. The van der Waals surface area contributed by atoms with E-state index >= 15 is 0 Å². The zero-order valence-corrected chi connectivity index (χ0v) is 8.19. The van der Waals surface area contributed by atoms with Crippen molar-refractivity contribution in [2.75, 3.05) is 6.54 Å². The van der Waals surface area contributed by atoms with Crippen LogP contribution in [0.4, 0.5) is 13.2 Å². The van der Waals surface area contributed by atoms with Crippen LogP contribution >= 0.6 is 0 Å². The number of carbonyl (C=O) groups is 1. The molecule has 0 aliphatic heterocycles. The summed E-state index contributed by atoms with van der Waals surface area (Å²) in [6.07, 6.45) is -5.27. The summed E-state index contributed by atoms with van der Waals surface area (Å²) >= 11 is 0. The molecule has 3 nitrogen and oxygen atoms in total. The molecule has 0 rings (SSSR count). The van der Waals surface area contributed by atoms with Gasteiger partial charge in [0.25, 0.3) is 0 Å². The van der Waals surface area contributed by atoms with Gasteiger partial charge < -0.3 is 11.1 Å². The van der Waals surface area contributed by atoms with E-state index in [1.54, 1.807) is 13.8 Å². The molecule has 0 aromatic carbocycles. The van der Waals surface area contributed by atoms with Gasteiger partial charge in [0.15, 0.2) is 0 Å². The summed E-state index contributed by atoms with van der Waals surface area (Å²) in [5.74, 6) is -0.620. The van der Waals surface area contributed by atoms with Crippen LogP contribution in [0, 0.1) is 5.92 Å². The van der Waals surface area contributed by atoms with Gasteiger partial charge in [0, 0.05) is 6.54 Å². The Balaban J connectivity index is 3.75. The maximum Gasteiger partial charge on any atom is 0.390 e. The number of hydrogen-bond acceptors (Lipinski definition) is 2. The molecular formula is C8H15F3N2O. The number of carbonyl (C=O) groups excluding carboxylic acids is 1. The SMILES string of the molecule is CC(C)C(N)C(=O)NCCC(F)(F)F. The quantitative estimate of drug-likeness (QED) is 0.731. The van der Waals surface area contributed by atoms with E-state index in [9.17, 15) is 18.0 Å². The molecule has 1 unspecified atom stereocenters. The highest BCUT2D eigenvalue weighted by molar-refractivity contribution is 5.81. The van der Waals surface area contributed by atoms with Crippen LogP contribution in [0.15, 0.2) is 0 Å². The average Bonchev–Trinajstić information content (AvgIpc) is 2.00. The highest BCUT2D eigenvalue weighted by Crippen LogP contribution is 2.18. The van der Waals surface area contributed by atoms with Crippen molar-refractivity contribution in [1.82, 2.24) is 5.32 Å². The molecule has 0 heterocycles. The predicted octanol–water partition coefficient (Wildman–Crippen LogP) is 1.04. The Labute approximate surface area is 80.8 Å². The number of halogens is 3. The third-order valence-electron chi connectivity index (χ3n) is 1.73. The summed E-state index contributed by atoms with van der Waals surface area (Å²) in [6.45, 7) is 3.05. The minimum absolute atomic E-state index is 0.0825. The van der Waals surface area contributed by atoms with Crippen LogP contribution in [0.25, 0.3) is 0 Å². The second-order valence-corrected chi connectivity index (χ2v) is 3.43. The van der Waals surface area contributed by atoms with E-state index in [1.807, 2.05) is 0 Å². The van der Waals surface area contributed by atoms with Crippen molar-refractivity contribution in [1.29, 1.82) is 0 Å². The molecule has 0 aliphatic carbocycles. The fraction of sp³-hybridized carbons (Fsp3) is 0.875. The molecule has 0 spiro atoms. The fourth-order valence-electron chi connectivity index (χ4n) is 0.748. The molecule has 0 saturated heterocycles. The Kier molecular flexibility index (Phi) is 4.90. The Morgan fingerprint density at radius 1 is 1.43 bits per heavy atom. The van der Waals surface area contributed by atoms with Crippen LogP contribution in [-0.2, 0) is 4.79 Å². The number of nitrogens with two attached hydrogens (primary N) is 1. The Morgan fingerprint density at radius 3 is 2.29 bits per heavy atom. The molecule has 0 radical (unpaired) electrons. The summed E-state index contributed by atoms with van der Waals surface area (Å²) in [6, 6.07) is -0.747. The monoisotopic (exact) mass is 212 g/mol. The van der Waals surface area contributed by atoms with Crippen LogP contribution in [-0.4, -0.2) is 24.7 Å². The maximum atomic E-state index is 11.7. The molecular weight excluding hydrogens is 197 g/mol. The lowest BCUT2D eigenvalue weighted by molar-refractivity contribution is -0.136. The molecule has 0 bridgehead atoms. The first-order valence-corrected chi connectivity index (χ1v) is 4.34. The second-order valence-electron chi connectivity index (χ2n) is 3.43. The van der Waals surface area contributed by atoms with Gasteiger partial charge in [-0.3, -0.25) is 4.79 Å². The molecule has 3 N–H and O–H groups in total. The summed E-state index contributed by atoms with van der Waals surface area (Å²) in [4.78, 5) is 11.1. The molecule has 0 aromatic heterocycles. The average molecular weight is 212 g/mol. The maximum absolute atomic E-state index is 11.7. The Morgan fingerprint density at radius 2 is 1.93 bits per heavy atom. The van der Waals surface area contributed by atoms with Crippen molar-refractivity contribution in [3.05, 3.63) is 0 Å². The Hall–Kier alpha value is -0.780. The molecule has 14 heavy (non-hydrogen) atoms. The van der Waals surface area contributed by atoms with E-state index in [0.717, 1.165) is 0 Å². The highest BCUT2D eigenvalue weighted by Gasteiger charge is 2.27. The predicted molar refractivity (Wildman–Crippen MR) is 46.5 cm³/mol. The van der Waals surface area contributed by atoms with Crippen LogP contribution in [0.2, 0.25) is 0 Å². The van der Waals surface area contributed by atoms with Gasteiger partial charge in [-0.05, 0) is 5.92 Å². The van der Waals surface area contributed by atoms with Crippen molar-refractivity contribution in [3.63, 3.8) is 0 Å². The van der Waals surface area contributed by atoms with Crippen molar-refractivity contribution in [2.45, 2.75) is 32.5 Å². The molecule has 0 fully saturated rings. The smallest absolute Gasteiger partial charge is 0.354 e. The third-order valence-corrected chi connectivity index (χ3v) is 1.73. The van der Waals surface area contributed by atoms with Gasteiger partial charge in [0.1, 0.15) is 0 Å². The third kappa shape index (κ3) is 5.80. The zero-order chi connectivity index (χ0) is 11.4. The molecule has 1 atom stereocenters. The van der Waals surface area contributed by atoms with Gasteiger partial charge in [-0.25, -0.2) is 0 Å². The van der Waals surface area contributed by atoms with Crippen LogP contribution < -0.4 is 11.1 Å². The summed E-state index contributed by atoms with van der Waals surface area (Å²) < 4.78 is 35.0. The number of hydrogen-bond donors (Lipinski definition) is 2. The molecule has 0 aromatic rings. The molecule has 0 saturated carbocycles. The first-order chi connectivity index (χ1) is 6.24. The van der Waals surface area contributed by atoms with E-state index < -0.39 is 31.1 Å². The van der Waals surface area contributed by atoms with Gasteiger partial charge in [0.05, 0.1) is 12.5 Å². The van der Waals surface area contributed by atoms with Crippen LogP contribution in [0.1, 0.15) is 20.3 Å². The Bertz CT molecular complexity index is 192. The zero-order valence-electron chi connectivity index (χ0n) is 8.19. The number of rotatable bonds is 4. The van der Waals surface area contributed by atoms with E-state index in [2.05, 4.69) is 5.32 Å². The number of amides is 1. The first-order valence-electron chi connectivity index (χ1n) is 4.34. The lowest BCUT2D eigenvalue weighted by Gasteiger charge is -2.15. The second kappa shape index (κ2) is 5.19. The molecule has 0 aliphatic rings.